The van der Waals surface area contributed by atoms with Crippen LogP contribution in [-0.4, -0.2) is 5.78 Å². The molecule has 0 heterocycles. The van der Waals surface area contributed by atoms with Crippen LogP contribution in [-0.2, 0) is 0 Å². The highest BCUT2D eigenvalue weighted by atomic mass is 79.9. The molecule has 0 fully saturated rings. The van der Waals surface area contributed by atoms with Crippen molar-refractivity contribution in [3.63, 3.8) is 0 Å². The van der Waals surface area contributed by atoms with Crippen molar-refractivity contribution in [1.29, 1.82) is 0 Å². The minimum absolute atomic E-state index is 0.0766. The topological polar surface area (TPSA) is 17.1 Å². The van der Waals surface area contributed by atoms with Crippen LogP contribution in [0.1, 0.15) is 15.9 Å². The summed E-state index contributed by atoms with van der Waals surface area (Å²) in [5.74, 6) is -0.0766. The Labute approximate surface area is 130 Å². The fourth-order valence-corrected chi connectivity index (χ4v) is 2.41. The number of allylic oxidation sites excluding steroid dienone is 1. The summed E-state index contributed by atoms with van der Waals surface area (Å²) < 4.78 is 0.872. The molecular formula is C15H9BrCl2O. The first-order valence-corrected chi connectivity index (χ1v) is 7.04. The molecule has 0 spiro atoms. The summed E-state index contributed by atoms with van der Waals surface area (Å²) >= 11 is 15.2. The number of carbonyl (C=O) groups excluding carboxylic acids is 1. The summed E-state index contributed by atoms with van der Waals surface area (Å²) in [5.41, 5.74) is 1.38. The fraction of sp³-hybridized carbons (Fsp3) is 0. The van der Waals surface area contributed by atoms with Crippen LogP contribution >= 0.6 is 39.1 Å². The van der Waals surface area contributed by atoms with Crippen molar-refractivity contribution in [2.24, 2.45) is 0 Å². The van der Waals surface area contributed by atoms with Gasteiger partial charge >= 0.3 is 0 Å². The van der Waals surface area contributed by atoms with Crippen molar-refractivity contribution in [3.05, 3.63) is 74.2 Å². The van der Waals surface area contributed by atoms with E-state index in [1.54, 1.807) is 36.4 Å². The van der Waals surface area contributed by atoms with Gasteiger partial charge in [0, 0.05) is 20.1 Å². The minimum atomic E-state index is -0.0766. The molecule has 0 saturated carbocycles. The average Bonchev–Trinajstić information content (AvgIpc) is 2.37. The first-order valence-electron chi connectivity index (χ1n) is 5.49. The van der Waals surface area contributed by atoms with Gasteiger partial charge in [0.15, 0.2) is 5.78 Å². The molecular weight excluding hydrogens is 347 g/mol. The molecule has 0 unspecified atom stereocenters. The van der Waals surface area contributed by atoms with Crippen molar-refractivity contribution >= 4 is 51.0 Å². The molecule has 96 valence electrons. The van der Waals surface area contributed by atoms with Crippen LogP contribution in [0, 0.1) is 0 Å². The molecule has 0 aliphatic rings. The Morgan fingerprint density at radius 3 is 2.58 bits per heavy atom. The van der Waals surface area contributed by atoms with E-state index in [0.717, 1.165) is 10.0 Å². The number of halogens is 3. The van der Waals surface area contributed by atoms with E-state index in [1.165, 1.54) is 6.08 Å². The molecule has 0 radical (unpaired) electrons. The molecule has 0 bridgehead atoms. The number of hydrogen-bond donors (Lipinski definition) is 0. The molecule has 2 aromatic rings. The molecule has 0 N–H and O–H groups in total. The molecule has 4 heteroatoms. The molecule has 0 aliphatic heterocycles. The highest BCUT2D eigenvalue weighted by molar-refractivity contribution is 9.10. The minimum Gasteiger partial charge on any atom is -0.289 e. The molecule has 19 heavy (non-hydrogen) atoms. The molecule has 0 saturated heterocycles. The Morgan fingerprint density at radius 1 is 1.11 bits per heavy atom. The SMILES string of the molecule is O=C(/C=C/c1ccc(Cl)cc1Cl)c1cccc(Br)c1. The number of ketones is 1. The average molecular weight is 356 g/mol. The molecule has 0 amide bonds. The maximum absolute atomic E-state index is 12.0. The number of benzene rings is 2. The summed E-state index contributed by atoms with van der Waals surface area (Å²) in [6, 6.07) is 12.4. The van der Waals surface area contributed by atoms with Gasteiger partial charge in [-0.3, -0.25) is 4.79 Å². The van der Waals surface area contributed by atoms with Crippen molar-refractivity contribution < 1.29 is 4.79 Å². The maximum Gasteiger partial charge on any atom is 0.185 e. The maximum atomic E-state index is 12.0. The highest BCUT2D eigenvalue weighted by Crippen LogP contribution is 2.22. The fourth-order valence-electron chi connectivity index (χ4n) is 1.54. The second-order valence-electron chi connectivity index (χ2n) is 3.87. The summed E-state index contributed by atoms with van der Waals surface area (Å²) in [6.07, 6.45) is 3.18. The molecule has 0 atom stereocenters. The van der Waals surface area contributed by atoms with E-state index in [9.17, 15) is 4.79 Å². The lowest BCUT2D eigenvalue weighted by molar-refractivity contribution is 0.104. The van der Waals surface area contributed by atoms with Crippen molar-refractivity contribution in [3.8, 4) is 0 Å². The van der Waals surface area contributed by atoms with E-state index in [4.69, 9.17) is 23.2 Å². The normalized spacial score (nSPS) is 10.9. The van der Waals surface area contributed by atoms with E-state index in [-0.39, 0.29) is 5.78 Å². The molecule has 2 aromatic carbocycles. The van der Waals surface area contributed by atoms with Crippen LogP contribution < -0.4 is 0 Å². The van der Waals surface area contributed by atoms with E-state index in [1.807, 2.05) is 12.1 Å². The molecule has 2 rings (SSSR count). The van der Waals surface area contributed by atoms with Crippen LogP contribution in [0.4, 0.5) is 0 Å². The van der Waals surface area contributed by atoms with Crippen molar-refractivity contribution in [1.82, 2.24) is 0 Å². The lowest BCUT2D eigenvalue weighted by Crippen LogP contribution is -1.93. The zero-order chi connectivity index (χ0) is 13.8. The van der Waals surface area contributed by atoms with Crippen LogP contribution in [0.25, 0.3) is 6.08 Å². The van der Waals surface area contributed by atoms with E-state index in [0.29, 0.717) is 15.6 Å². The van der Waals surface area contributed by atoms with Gasteiger partial charge in [-0.05, 0) is 42.0 Å². The summed E-state index contributed by atoms with van der Waals surface area (Å²) in [5, 5.41) is 1.09. The van der Waals surface area contributed by atoms with E-state index >= 15 is 0 Å². The van der Waals surface area contributed by atoms with Crippen molar-refractivity contribution in [2.75, 3.05) is 0 Å². The van der Waals surface area contributed by atoms with Gasteiger partial charge in [-0.2, -0.15) is 0 Å². The predicted molar refractivity (Wildman–Crippen MR) is 84.0 cm³/mol. The second kappa shape index (κ2) is 6.38. The van der Waals surface area contributed by atoms with Gasteiger partial charge in [0.1, 0.15) is 0 Å². The van der Waals surface area contributed by atoms with Gasteiger partial charge in [-0.15, -0.1) is 0 Å². The first kappa shape index (κ1) is 14.3. The third kappa shape index (κ3) is 3.93. The molecule has 1 nitrogen and oxygen atoms in total. The smallest absolute Gasteiger partial charge is 0.185 e. The first-order chi connectivity index (χ1) is 9.06. The lowest BCUT2D eigenvalue weighted by atomic mass is 10.1. The van der Waals surface area contributed by atoms with E-state index in [2.05, 4.69) is 15.9 Å². The van der Waals surface area contributed by atoms with Crippen molar-refractivity contribution in [2.45, 2.75) is 0 Å². The number of rotatable bonds is 3. The summed E-state index contributed by atoms with van der Waals surface area (Å²) in [6.45, 7) is 0. The Hall–Kier alpha value is -1.09. The van der Waals surface area contributed by atoms with Gasteiger partial charge in [0.2, 0.25) is 0 Å². The van der Waals surface area contributed by atoms with Gasteiger partial charge in [0.25, 0.3) is 0 Å². The third-order valence-corrected chi connectivity index (χ3v) is 3.54. The monoisotopic (exact) mass is 354 g/mol. The zero-order valence-electron chi connectivity index (χ0n) is 9.74. The van der Waals surface area contributed by atoms with Gasteiger partial charge in [-0.1, -0.05) is 57.3 Å². The van der Waals surface area contributed by atoms with Crippen LogP contribution in [0.2, 0.25) is 10.0 Å². The lowest BCUT2D eigenvalue weighted by Gasteiger charge is -1.99. The van der Waals surface area contributed by atoms with Crippen LogP contribution in [0.3, 0.4) is 0 Å². The quantitative estimate of drug-likeness (QED) is 0.513. The summed E-state index contributed by atoms with van der Waals surface area (Å²) in [7, 11) is 0. The number of hydrogen-bond acceptors (Lipinski definition) is 1. The molecule has 0 aliphatic carbocycles. The Bertz CT molecular complexity index is 650. The zero-order valence-corrected chi connectivity index (χ0v) is 12.8. The molecule has 0 aromatic heterocycles. The largest absolute Gasteiger partial charge is 0.289 e. The Morgan fingerprint density at radius 2 is 1.89 bits per heavy atom. The van der Waals surface area contributed by atoms with Gasteiger partial charge in [-0.25, -0.2) is 0 Å². The predicted octanol–water partition coefficient (Wildman–Crippen LogP) is 5.65. The Balaban J connectivity index is 2.21. The van der Waals surface area contributed by atoms with Gasteiger partial charge < -0.3 is 0 Å². The third-order valence-electron chi connectivity index (χ3n) is 2.49. The highest BCUT2D eigenvalue weighted by Gasteiger charge is 2.03. The van der Waals surface area contributed by atoms with Crippen LogP contribution in [0.5, 0.6) is 0 Å². The standard InChI is InChI=1S/C15H9BrCl2O/c16-12-3-1-2-11(8-12)15(19)7-5-10-4-6-13(17)9-14(10)18/h1-9H/b7-5+. The number of carbonyl (C=O) groups is 1. The second-order valence-corrected chi connectivity index (χ2v) is 5.63. The summed E-state index contributed by atoms with van der Waals surface area (Å²) in [4.78, 5) is 12.0. The van der Waals surface area contributed by atoms with Crippen LogP contribution in [0.15, 0.2) is 53.0 Å². The Kier molecular flexibility index (Phi) is 4.81. The van der Waals surface area contributed by atoms with Gasteiger partial charge in [0.05, 0.1) is 0 Å². The van der Waals surface area contributed by atoms with E-state index < -0.39 is 0 Å².